The summed E-state index contributed by atoms with van der Waals surface area (Å²) in [7, 11) is -1.75. The summed E-state index contributed by atoms with van der Waals surface area (Å²) in [6, 6.07) is 11.8. The van der Waals surface area contributed by atoms with E-state index in [1.165, 1.54) is 31.0 Å². The van der Waals surface area contributed by atoms with Crippen molar-refractivity contribution >= 4 is 62.2 Å². The summed E-state index contributed by atoms with van der Waals surface area (Å²) < 4.78 is 43.2. The van der Waals surface area contributed by atoms with Gasteiger partial charge in [-0.25, -0.2) is 8.42 Å². The first-order valence-corrected chi connectivity index (χ1v) is 13.6. The first-order valence-electron chi connectivity index (χ1n) is 10.8. The lowest BCUT2D eigenvalue weighted by Crippen LogP contribution is -2.41. The molecule has 3 rings (SSSR count). The number of carbonyl (C=O) groups excluding carboxylic acids is 3. The zero-order chi connectivity index (χ0) is 27.0. The standard InChI is InChI=1S/C24H24N2O8S3/c1-32-21(27)11-10-19(23(29)33-2)26-37(30,31)18-8-6-15(7-9-18)14-34-17-5-3-4-16(12-17)13-20-22(28)25-24(35)36-20/h3-9,12-13,19,26H,10-11,14H2,1-2H3,(H,25,28,35)/b20-13-/t19-/m1/s1. The van der Waals surface area contributed by atoms with E-state index in [0.29, 0.717) is 20.5 Å². The number of methoxy groups -OCH3 is 2. The lowest BCUT2D eigenvalue weighted by Gasteiger charge is -2.16. The average Bonchev–Trinajstić information content (AvgIpc) is 3.20. The molecular formula is C24H24N2O8S3. The van der Waals surface area contributed by atoms with E-state index in [9.17, 15) is 22.8 Å². The Kier molecular flexibility index (Phi) is 9.80. The monoisotopic (exact) mass is 564 g/mol. The van der Waals surface area contributed by atoms with Gasteiger partial charge in [-0.1, -0.05) is 48.2 Å². The highest BCUT2D eigenvalue weighted by atomic mass is 32.2. The second-order valence-corrected chi connectivity index (χ2v) is 11.1. The second-order valence-electron chi connectivity index (χ2n) is 7.67. The number of hydrogen-bond donors (Lipinski definition) is 2. The number of thiocarbonyl (C=S) groups is 1. The number of hydrogen-bond acceptors (Lipinski definition) is 10. The number of ether oxygens (including phenoxy) is 3. The largest absolute Gasteiger partial charge is 0.489 e. The van der Waals surface area contributed by atoms with Crippen molar-refractivity contribution in [3.63, 3.8) is 0 Å². The molecule has 0 saturated carbocycles. The van der Waals surface area contributed by atoms with Crippen LogP contribution in [0.5, 0.6) is 5.75 Å². The third-order valence-corrected chi connectivity index (χ3v) is 7.74. The number of amides is 1. The molecule has 1 aliphatic heterocycles. The fourth-order valence-corrected chi connectivity index (χ4v) is 5.45. The maximum atomic E-state index is 12.8. The molecule has 0 spiro atoms. The Balaban J connectivity index is 1.63. The molecule has 2 aromatic carbocycles. The number of esters is 2. The topological polar surface area (TPSA) is 137 Å². The Morgan fingerprint density at radius 2 is 1.86 bits per heavy atom. The maximum Gasteiger partial charge on any atom is 0.323 e. The molecule has 0 aliphatic carbocycles. The van der Waals surface area contributed by atoms with Gasteiger partial charge in [0.2, 0.25) is 10.0 Å². The van der Waals surface area contributed by atoms with Crippen LogP contribution in [-0.4, -0.2) is 50.8 Å². The predicted octanol–water partition coefficient (Wildman–Crippen LogP) is 2.53. The molecule has 0 unspecified atom stereocenters. The van der Waals surface area contributed by atoms with E-state index in [4.69, 9.17) is 17.0 Å². The molecule has 1 amide bonds. The number of rotatable bonds is 11. The molecule has 1 atom stereocenters. The van der Waals surface area contributed by atoms with Crippen molar-refractivity contribution < 1.29 is 37.0 Å². The van der Waals surface area contributed by atoms with Gasteiger partial charge >= 0.3 is 11.9 Å². The molecule has 0 bridgehead atoms. The number of benzene rings is 2. The van der Waals surface area contributed by atoms with Gasteiger partial charge in [0.05, 0.1) is 24.0 Å². The van der Waals surface area contributed by atoms with Crippen molar-refractivity contribution in [2.24, 2.45) is 0 Å². The fraction of sp³-hybridized carbons (Fsp3) is 0.250. The Labute approximate surface area is 223 Å². The first-order chi connectivity index (χ1) is 17.6. The zero-order valence-corrected chi connectivity index (χ0v) is 22.3. The van der Waals surface area contributed by atoms with Crippen LogP contribution in [0, 0.1) is 0 Å². The van der Waals surface area contributed by atoms with Gasteiger partial charge in [-0.15, -0.1) is 0 Å². The van der Waals surface area contributed by atoms with E-state index in [-0.39, 0.29) is 30.3 Å². The van der Waals surface area contributed by atoms with Crippen LogP contribution < -0.4 is 14.8 Å². The summed E-state index contributed by atoms with van der Waals surface area (Å²) in [5.41, 5.74) is 1.47. The molecule has 37 heavy (non-hydrogen) atoms. The molecule has 196 valence electrons. The molecule has 0 radical (unpaired) electrons. The summed E-state index contributed by atoms with van der Waals surface area (Å²) in [5, 5.41) is 2.56. The van der Waals surface area contributed by atoms with Crippen molar-refractivity contribution in [1.82, 2.24) is 10.0 Å². The van der Waals surface area contributed by atoms with Crippen LogP contribution >= 0.6 is 24.0 Å². The Bertz CT molecular complexity index is 1320. The van der Waals surface area contributed by atoms with Gasteiger partial charge in [0.25, 0.3) is 5.91 Å². The van der Waals surface area contributed by atoms with Crippen LogP contribution in [-0.2, 0) is 40.5 Å². The van der Waals surface area contributed by atoms with Crippen LogP contribution in [0.15, 0.2) is 58.3 Å². The van der Waals surface area contributed by atoms with E-state index in [2.05, 4.69) is 19.5 Å². The summed E-state index contributed by atoms with van der Waals surface area (Å²) in [4.78, 5) is 35.7. The van der Waals surface area contributed by atoms with Crippen molar-refractivity contribution in [3.8, 4) is 5.75 Å². The molecule has 1 fully saturated rings. The maximum absolute atomic E-state index is 12.8. The summed E-state index contributed by atoms with van der Waals surface area (Å²) >= 11 is 6.18. The van der Waals surface area contributed by atoms with E-state index in [1.807, 2.05) is 6.07 Å². The van der Waals surface area contributed by atoms with Crippen LogP contribution in [0.25, 0.3) is 6.08 Å². The van der Waals surface area contributed by atoms with Crippen LogP contribution in [0.4, 0.5) is 0 Å². The van der Waals surface area contributed by atoms with Gasteiger partial charge in [-0.3, -0.25) is 14.4 Å². The number of sulfonamides is 1. The number of thioether (sulfide) groups is 1. The van der Waals surface area contributed by atoms with Gasteiger partial charge in [0, 0.05) is 6.42 Å². The first kappa shape index (κ1) is 28.3. The minimum Gasteiger partial charge on any atom is -0.489 e. The number of carbonyl (C=O) groups is 3. The molecule has 10 nitrogen and oxygen atoms in total. The zero-order valence-electron chi connectivity index (χ0n) is 19.9. The fourth-order valence-electron chi connectivity index (χ4n) is 3.18. The lowest BCUT2D eigenvalue weighted by atomic mass is 10.2. The van der Waals surface area contributed by atoms with Crippen molar-refractivity contribution in [1.29, 1.82) is 0 Å². The van der Waals surface area contributed by atoms with Gasteiger partial charge in [0.15, 0.2) is 0 Å². The third kappa shape index (κ3) is 8.12. The quantitative estimate of drug-likeness (QED) is 0.238. The highest BCUT2D eigenvalue weighted by molar-refractivity contribution is 8.26. The van der Waals surface area contributed by atoms with Crippen molar-refractivity contribution in [2.45, 2.75) is 30.4 Å². The highest BCUT2D eigenvalue weighted by Crippen LogP contribution is 2.27. The summed E-state index contributed by atoms with van der Waals surface area (Å²) in [5.74, 6) is -1.07. The van der Waals surface area contributed by atoms with Crippen LogP contribution in [0.3, 0.4) is 0 Å². The van der Waals surface area contributed by atoms with Crippen molar-refractivity contribution in [2.75, 3.05) is 14.2 Å². The Hall–Kier alpha value is -3.26. The molecule has 1 aliphatic rings. The molecular weight excluding hydrogens is 540 g/mol. The van der Waals surface area contributed by atoms with E-state index < -0.39 is 28.0 Å². The van der Waals surface area contributed by atoms with E-state index in [0.717, 1.165) is 12.7 Å². The molecule has 1 saturated heterocycles. The molecule has 1 heterocycles. The minimum atomic E-state index is -4.07. The van der Waals surface area contributed by atoms with Gasteiger partial charge in [-0.05, 0) is 47.9 Å². The molecule has 2 aromatic rings. The predicted molar refractivity (Wildman–Crippen MR) is 141 cm³/mol. The van der Waals surface area contributed by atoms with Crippen molar-refractivity contribution in [3.05, 3.63) is 64.6 Å². The summed E-state index contributed by atoms with van der Waals surface area (Å²) in [6.07, 6.45) is 1.44. The molecule has 2 N–H and O–H groups in total. The Morgan fingerprint density at radius 3 is 2.49 bits per heavy atom. The smallest absolute Gasteiger partial charge is 0.323 e. The normalized spacial score (nSPS) is 15.2. The average molecular weight is 565 g/mol. The second kappa shape index (κ2) is 12.8. The SMILES string of the molecule is COC(=O)CC[C@@H](NS(=O)(=O)c1ccc(COc2cccc(/C=C3\SC(=S)NC3=O)c2)cc1)C(=O)OC. The lowest BCUT2D eigenvalue weighted by molar-refractivity contribution is -0.144. The highest BCUT2D eigenvalue weighted by Gasteiger charge is 2.27. The third-order valence-electron chi connectivity index (χ3n) is 5.08. The van der Waals surface area contributed by atoms with Crippen LogP contribution in [0.2, 0.25) is 0 Å². The molecule has 13 heteroatoms. The van der Waals surface area contributed by atoms with Gasteiger partial charge < -0.3 is 19.5 Å². The molecule has 0 aromatic heterocycles. The van der Waals surface area contributed by atoms with Gasteiger partial charge in [0.1, 0.15) is 22.7 Å². The van der Waals surface area contributed by atoms with E-state index in [1.54, 1.807) is 36.4 Å². The van der Waals surface area contributed by atoms with E-state index >= 15 is 0 Å². The van der Waals surface area contributed by atoms with Crippen LogP contribution in [0.1, 0.15) is 24.0 Å². The Morgan fingerprint density at radius 1 is 1.14 bits per heavy atom. The summed E-state index contributed by atoms with van der Waals surface area (Å²) in [6.45, 7) is 0.164. The van der Waals surface area contributed by atoms with Gasteiger partial charge in [-0.2, -0.15) is 4.72 Å². The number of nitrogens with one attached hydrogen (secondary N) is 2. The minimum absolute atomic E-state index is 0.0675.